The van der Waals surface area contributed by atoms with Crippen LogP contribution < -0.4 is 5.56 Å². The molecular weight excluding hydrogens is 328 g/mol. The molecular formula is C21H18N2OS. The van der Waals surface area contributed by atoms with Crippen LogP contribution in [0.3, 0.4) is 0 Å². The number of aryl methyl sites for hydroxylation is 2. The van der Waals surface area contributed by atoms with Gasteiger partial charge in [-0.25, -0.2) is 4.98 Å². The highest BCUT2D eigenvalue weighted by atomic mass is 32.2. The van der Waals surface area contributed by atoms with Gasteiger partial charge in [0.25, 0.3) is 0 Å². The van der Waals surface area contributed by atoms with Crippen molar-refractivity contribution in [3.05, 3.63) is 81.6 Å². The maximum atomic E-state index is 11.9. The highest BCUT2D eigenvalue weighted by Gasteiger charge is 2.08. The number of aromatic nitrogens is 2. The van der Waals surface area contributed by atoms with Crippen LogP contribution in [0.15, 0.2) is 64.4 Å². The zero-order valence-corrected chi connectivity index (χ0v) is 15.0. The Hall–Kier alpha value is -2.59. The summed E-state index contributed by atoms with van der Waals surface area (Å²) in [5, 5.41) is 3.26. The third kappa shape index (κ3) is 3.17. The Kier molecular flexibility index (Phi) is 4.06. The number of rotatable bonds is 3. The van der Waals surface area contributed by atoms with Gasteiger partial charge >= 0.3 is 0 Å². The summed E-state index contributed by atoms with van der Waals surface area (Å²) in [5.74, 6) is 0.718. The van der Waals surface area contributed by atoms with E-state index in [-0.39, 0.29) is 5.56 Å². The van der Waals surface area contributed by atoms with E-state index in [2.05, 4.69) is 43.1 Å². The number of H-pyrrole nitrogens is 1. The van der Waals surface area contributed by atoms with E-state index in [1.54, 1.807) is 17.8 Å². The highest BCUT2D eigenvalue weighted by Crippen LogP contribution is 2.29. The largest absolute Gasteiger partial charge is 0.322 e. The average Bonchev–Trinajstić information content (AvgIpc) is 2.60. The Morgan fingerprint density at radius 3 is 2.76 bits per heavy atom. The van der Waals surface area contributed by atoms with Crippen LogP contribution >= 0.6 is 11.8 Å². The Labute approximate surface area is 150 Å². The van der Waals surface area contributed by atoms with Crippen molar-refractivity contribution in [2.75, 3.05) is 0 Å². The minimum atomic E-state index is -0.0619. The van der Waals surface area contributed by atoms with Gasteiger partial charge in [0.1, 0.15) is 0 Å². The summed E-state index contributed by atoms with van der Waals surface area (Å²) in [6.45, 7) is 4.17. The van der Waals surface area contributed by atoms with Gasteiger partial charge in [0.2, 0.25) is 5.56 Å². The molecule has 0 amide bonds. The second-order valence-electron chi connectivity index (χ2n) is 6.30. The Morgan fingerprint density at radius 1 is 1.04 bits per heavy atom. The molecule has 0 unspecified atom stereocenters. The minimum Gasteiger partial charge on any atom is -0.322 e. The molecule has 2 aromatic carbocycles. The molecule has 2 aromatic heterocycles. The van der Waals surface area contributed by atoms with E-state index in [4.69, 9.17) is 4.98 Å². The quantitative estimate of drug-likeness (QED) is 0.532. The van der Waals surface area contributed by atoms with E-state index >= 15 is 0 Å². The molecule has 0 aliphatic heterocycles. The van der Waals surface area contributed by atoms with E-state index in [0.717, 1.165) is 43.7 Å². The molecule has 4 heteroatoms. The first kappa shape index (κ1) is 15.9. The van der Waals surface area contributed by atoms with E-state index in [0.29, 0.717) is 0 Å². The second kappa shape index (κ2) is 6.37. The van der Waals surface area contributed by atoms with Gasteiger partial charge in [-0.05, 0) is 48.7 Å². The number of para-hydroxylation sites is 1. The predicted octanol–water partition coefficient (Wildman–Crippen LogP) is 4.99. The molecule has 4 aromatic rings. The number of benzene rings is 2. The molecule has 0 fully saturated rings. The maximum absolute atomic E-state index is 11.9. The number of hydrogen-bond acceptors (Lipinski definition) is 3. The van der Waals surface area contributed by atoms with Crippen molar-refractivity contribution in [3.8, 4) is 0 Å². The summed E-state index contributed by atoms with van der Waals surface area (Å²) in [4.78, 5) is 19.6. The van der Waals surface area contributed by atoms with Crippen molar-refractivity contribution in [3.63, 3.8) is 0 Å². The fourth-order valence-electron chi connectivity index (χ4n) is 3.05. The van der Waals surface area contributed by atoms with Crippen molar-refractivity contribution < 1.29 is 0 Å². The lowest BCUT2D eigenvalue weighted by Crippen LogP contribution is -2.06. The van der Waals surface area contributed by atoms with Gasteiger partial charge in [-0.2, -0.15) is 0 Å². The number of pyridine rings is 2. The second-order valence-corrected chi connectivity index (χ2v) is 7.26. The topological polar surface area (TPSA) is 45.8 Å². The fraction of sp³-hybridized carbons (Fsp3) is 0.143. The number of hydrogen-bond donors (Lipinski definition) is 1. The van der Waals surface area contributed by atoms with E-state index < -0.39 is 0 Å². The molecule has 2 heterocycles. The van der Waals surface area contributed by atoms with Crippen LogP contribution in [0.4, 0.5) is 0 Å². The van der Waals surface area contributed by atoms with Crippen LogP contribution in [0.5, 0.6) is 0 Å². The average molecular weight is 346 g/mol. The summed E-state index contributed by atoms with van der Waals surface area (Å²) in [7, 11) is 0. The standard InChI is InChI=1S/C21H18N2OS/c1-13-7-8-15-10-14(2)21(23-19(15)9-13)25-12-16-11-20(24)22-18-6-4-3-5-17(16)18/h3-11H,12H2,1-2H3,(H,22,24). The smallest absolute Gasteiger partial charge is 0.248 e. The minimum absolute atomic E-state index is 0.0619. The van der Waals surface area contributed by atoms with Crippen LogP contribution in [-0.2, 0) is 5.75 Å². The number of nitrogens with one attached hydrogen (secondary N) is 1. The molecule has 0 saturated heterocycles. The highest BCUT2D eigenvalue weighted by molar-refractivity contribution is 7.98. The zero-order valence-electron chi connectivity index (χ0n) is 14.2. The molecule has 1 N–H and O–H groups in total. The SMILES string of the molecule is Cc1ccc2cc(C)c(SCc3cc(=O)[nH]c4ccccc34)nc2c1. The number of nitrogens with zero attached hydrogens (tertiary/aromatic N) is 1. The van der Waals surface area contributed by atoms with Crippen LogP contribution in [0.25, 0.3) is 21.8 Å². The molecule has 0 bridgehead atoms. The predicted molar refractivity (Wildman–Crippen MR) is 105 cm³/mol. The number of thioether (sulfide) groups is 1. The zero-order chi connectivity index (χ0) is 17.4. The molecule has 0 spiro atoms. The lowest BCUT2D eigenvalue weighted by atomic mass is 10.1. The molecule has 3 nitrogen and oxygen atoms in total. The summed E-state index contributed by atoms with van der Waals surface area (Å²) in [5.41, 5.74) is 5.24. The lowest BCUT2D eigenvalue weighted by molar-refractivity contribution is 1.12. The molecule has 0 atom stereocenters. The van der Waals surface area contributed by atoms with Gasteiger partial charge in [0, 0.05) is 28.1 Å². The van der Waals surface area contributed by atoms with Crippen LogP contribution in [0.1, 0.15) is 16.7 Å². The number of fused-ring (bicyclic) bond motifs is 2. The third-order valence-electron chi connectivity index (χ3n) is 4.32. The van der Waals surface area contributed by atoms with Crippen molar-refractivity contribution in [1.82, 2.24) is 9.97 Å². The molecule has 25 heavy (non-hydrogen) atoms. The summed E-state index contributed by atoms with van der Waals surface area (Å²) < 4.78 is 0. The van der Waals surface area contributed by atoms with Gasteiger partial charge in [-0.3, -0.25) is 4.79 Å². The molecule has 124 valence electrons. The molecule has 0 aliphatic rings. The van der Waals surface area contributed by atoms with Crippen molar-refractivity contribution in [2.24, 2.45) is 0 Å². The number of aromatic amines is 1. The first-order valence-corrected chi connectivity index (χ1v) is 9.20. The van der Waals surface area contributed by atoms with E-state index in [1.807, 2.05) is 24.3 Å². The van der Waals surface area contributed by atoms with Crippen molar-refractivity contribution in [2.45, 2.75) is 24.6 Å². The summed E-state index contributed by atoms with van der Waals surface area (Å²) in [6.07, 6.45) is 0. The molecule has 0 saturated carbocycles. The first-order valence-electron chi connectivity index (χ1n) is 8.22. The summed E-state index contributed by atoms with van der Waals surface area (Å²) in [6, 6.07) is 18.1. The third-order valence-corrected chi connectivity index (χ3v) is 5.46. The Bertz CT molecular complexity index is 1150. The van der Waals surface area contributed by atoms with E-state index in [9.17, 15) is 4.79 Å². The molecule has 0 radical (unpaired) electrons. The monoisotopic (exact) mass is 346 g/mol. The van der Waals surface area contributed by atoms with Gasteiger partial charge < -0.3 is 4.98 Å². The van der Waals surface area contributed by atoms with Crippen molar-refractivity contribution >= 4 is 33.6 Å². The molecule has 4 rings (SSSR count). The first-order chi connectivity index (χ1) is 12.1. The molecule has 0 aliphatic carbocycles. The van der Waals surface area contributed by atoms with Gasteiger partial charge in [-0.15, -0.1) is 11.8 Å². The Balaban J connectivity index is 1.71. The Morgan fingerprint density at radius 2 is 1.88 bits per heavy atom. The fourth-order valence-corrected chi connectivity index (χ4v) is 4.03. The van der Waals surface area contributed by atoms with Crippen molar-refractivity contribution in [1.29, 1.82) is 0 Å². The lowest BCUT2D eigenvalue weighted by Gasteiger charge is -2.09. The van der Waals surface area contributed by atoms with Gasteiger partial charge in [-0.1, -0.05) is 30.3 Å². The normalized spacial score (nSPS) is 11.3. The maximum Gasteiger partial charge on any atom is 0.248 e. The van der Waals surface area contributed by atoms with E-state index in [1.165, 1.54) is 5.56 Å². The van der Waals surface area contributed by atoms with Gasteiger partial charge in [0.05, 0.1) is 10.5 Å². The van der Waals surface area contributed by atoms with Gasteiger partial charge in [0.15, 0.2) is 0 Å². The van der Waals surface area contributed by atoms with Crippen LogP contribution in [0, 0.1) is 13.8 Å². The summed E-state index contributed by atoms with van der Waals surface area (Å²) >= 11 is 1.68. The van der Waals surface area contributed by atoms with Crippen LogP contribution in [-0.4, -0.2) is 9.97 Å². The van der Waals surface area contributed by atoms with Crippen LogP contribution in [0.2, 0.25) is 0 Å².